The molecule has 34 heavy (non-hydrogen) atoms. The second kappa shape index (κ2) is 11.0. The van der Waals surface area contributed by atoms with Crippen LogP contribution in [0.2, 0.25) is 0 Å². The largest absolute Gasteiger partial charge is 0.490 e. The number of ether oxygens (including phenoxy) is 1. The van der Waals surface area contributed by atoms with Gasteiger partial charge in [-0.2, -0.15) is 0 Å². The third-order valence-corrected chi connectivity index (χ3v) is 7.75. The molecule has 1 aliphatic heterocycles. The number of piperidine rings is 1. The Labute approximate surface area is 201 Å². The monoisotopic (exact) mass is 473 g/mol. The SMILES string of the molecule is CC[C@H](c1ccc2c(C(F)F)c(O[C@H]3CC[C@@H](C)CC3)ccc2c1)N1CCC[C@H](CC(=O)O)C1. The van der Waals surface area contributed by atoms with Gasteiger partial charge in [-0.1, -0.05) is 32.0 Å². The van der Waals surface area contributed by atoms with Gasteiger partial charge < -0.3 is 9.84 Å². The minimum Gasteiger partial charge on any atom is -0.490 e. The highest BCUT2D eigenvalue weighted by Gasteiger charge is 2.28. The van der Waals surface area contributed by atoms with Gasteiger partial charge in [0.05, 0.1) is 11.7 Å². The maximum atomic E-state index is 14.2. The normalized spacial score (nSPS) is 24.9. The summed E-state index contributed by atoms with van der Waals surface area (Å²) in [5.74, 6) is 0.407. The van der Waals surface area contributed by atoms with E-state index in [0.717, 1.165) is 69.0 Å². The van der Waals surface area contributed by atoms with Crippen LogP contribution in [0.3, 0.4) is 0 Å². The molecule has 1 N–H and O–H groups in total. The molecular weight excluding hydrogens is 436 g/mol. The lowest BCUT2D eigenvalue weighted by Crippen LogP contribution is -2.38. The minimum atomic E-state index is -2.60. The van der Waals surface area contributed by atoms with Crippen molar-refractivity contribution in [3.63, 3.8) is 0 Å². The molecule has 4 nitrogen and oxygen atoms in total. The molecule has 2 aliphatic rings. The Morgan fingerprint density at radius 1 is 1.15 bits per heavy atom. The number of likely N-dealkylation sites (tertiary alicyclic amines) is 1. The number of carboxylic acid groups (broad SMARTS) is 1. The Hall–Kier alpha value is -2.21. The Balaban J connectivity index is 1.58. The van der Waals surface area contributed by atoms with Crippen LogP contribution in [0.25, 0.3) is 10.8 Å². The van der Waals surface area contributed by atoms with Crippen LogP contribution in [-0.2, 0) is 4.79 Å². The first-order valence-electron chi connectivity index (χ1n) is 12.8. The van der Waals surface area contributed by atoms with Gasteiger partial charge in [-0.15, -0.1) is 0 Å². The third kappa shape index (κ3) is 5.70. The van der Waals surface area contributed by atoms with Crippen molar-refractivity contribution in [2.45, 2.75) is 83.8 Å². The van der Waals surface area contributed by atoms with Gasteiger partial charge in [-0.25, -0.2) is 8.78 Å². The van der Waals surface area contributed by atoms with E-state index in [2.05, 4.69) is 18.7 Å². The Morgan fingerprint density at radius 3 is 2.59 bits per heavy atom. The average molecular weight is 474 g/mol. The number of fused-ring (bicyclic) bond motifs is 1. The Bertz CT molecular complexity index is 987. The third-order valence-electron chi connectivity index (χ3n) is 7.75. The summed E-state index contributed by atoms with van der Waals surface area (Å²) in [6, 6.07) is 9.59. The predicted molar refractivity (Wildman–Crippen MR) is 131 cm³/mol. The molecular formula is C28H37F2NO3. The van der Waals surface area contributed by atoms with Crippen molar-refractivity contribution in [2.75, 3.05) is 13.1 Å². The molecule has 0 aromatic heterocycles. The van der Waals surface area contributed by atoms with Crippen molar-refractivity contribution < 1.29 is 23.4 Å². The van der Waals surface area contributed by atoms with Gasteiger partial charge in [0, 0.05) is 19.0 Å². The zero-order chi connectivity index (χ0) is 24.2. The van der Waals surface area contributed by atoms with Gasteiger partial charge in [0.15, 0.2) is 0 Å². The molecule has 2 aromatic rings. The molecule has 0 radical (unpaired) electrons. The number of rotatable bonds is 8. The number of nitrogens with zero attached hydrogens (tertiary/aromatic N) is 1. The van der Waals surface area contributed by atoms with Crippen molar-refractivity contribution in [2.24, 2.45) is 11.8 Å². The molecule has 2 aromatic carbocycles. The molecule has 4 rings (SSSR count). The van der Waals surface area contributed by atoms with Gasteiger partial charge >= 0.3 is 5.97 Å². The van der Waals surface area contributed by atoms with E-state index < -0.39 is 12.4 Å². The first kappa shape index (κ1) is 24.9. The van der Waals surface area contributed by atoms with Gasteiger partial charge in [0.2, 0.25) is 0 Å². The zero-order valence-corrected chi connectivity index (χ0v) is 20.3. The number of hydrogen-bond acceptors (Lipinski definition) is 3. The number of alkyl halides is 2. The van der Waals surface area contributed by atoms with E-state index >= 15 is 0 Å². The van der Waals surface area contributed by atoms with E-state index in [1.54, 1.807) is 6.07 Å². The van der Waals surface area contributed by atoms with E-state index in [-0.39, 0.29) is 30.0 Å². The van der Waals surface area contributed by atoms with Crippen molar-refractivity contribution in [3.05, 3.63) is 41.5 Å². The number of carbonyl (C=O) groups is 1. The quantitative estimate of drug-likeness (QED) is 0.435. The Morgan fingerprint density at radius 2 is 1.91 bits per heavy atom. The summed E-state index contributed by atoms with van der Waals surface area (Å²) < 4.78 is 34.5. The van der Waals surface area contributed by atoms with Crippen molar-refractivity contribution >= 4 is 16.7 Å². The van der Waals surface area contributed by atoms with Gasteiger partial charge in [0.25, 0.3) is 6.43 Å². The molecule has 2 fully saturated rings. The molecule has 1 saturated carbocycles. The van der Waals surface area contributed by atoms with Crippen molar-refractivity contribution in [1.82, 2.24) is 4.90 Å². The second-order valence-corrected chi connectivity index (χ2v) is 10.3. The number of hydrogen-bond donors (Lipinski definition) is 1. The van der Waals surface area contributed by atoms with Crippen LogP contribution in [0.1, 0.15) is 88.8 Å². The van der Waals surface area contributed by atoms with Crippen molar-refractivity contribution in [1.29, 1.82) is 0 Å². The van der Waals surface area contributed by atoms with Gasteiger partial charge in [0.1, 0.15) is 5.75 Å². The van der Waals surface area contributed by atoms with Crippen LogP contribution in [0, 0.1) is 11.8 Å². The van der Waals surface area contributed by atoms with Crippen molar-refractivity contribution in [3.8, 4) is 5.75 Å². The molecule has 0 unspecified atom stereocenters. The first-order chi connectivity index (χ1) is 16.4. The summed E-state index contributed by atoms with van der Waals surface area (Å²) in [7, 11) is 0. The van der Waals surface area contributed by atoms with Gasteiger partial charge in [-0.05, 0) is 91.8 Å². The lowest BCUT2D eigenvalue weighted by Gasteiger charge is -2.38. The molecule has 1 heterocycles. The maximum absolute atomic E-state index is 14.2. The summed E-state index contributed by atoms with van der Waals surface area (Å²) in [4.78, 5) is 13.6. The molecule has 1 aliphatic carbocycles. The molecule has 0 bridgehead atoms. The second-order valence-electron chi connectivity index (χ2n) is 10.3. The number of carboxylic acids is 1. The topological polar surface area (TPSA) is 49.8 Å². The fourth-order valence-electron chi connectivity index (χ4n) is 5.91. The van der Waals surface area contributed by atoms with E-state index in [9.17, 15) is 18.7 Å². The lowest BCUT2D eigenvalue weighted by atomic mass is 9.89. The van der Waals surface area contributed by atoms with Crippen LogP contribution in [0.4, 0.5) is 8.78 Å². The predicted octanol–water partition coefficient (Wildman–Crippen LogP) is 7.37. The van der Waals surface area contributed by atoms with Crippen LogP contribution < -0.4 is 4.74 Å². The highest BCUT2D eigenvalue weighted by molar-refractivity contribution is 5.88. The van der Waals surface area contributed by atoms with Crippen LogP contribution in [-0.4, -0.2) is 35.2 Å². The number of benzene rings is 2. The maximum Gasteiger partial charge on any atom is 0.303 e. The summed E-state index contributed by atoms with van der Waals surface area (Å²) in [5, 5.41) is 10.6. The summed E-state index contributed by atoms with van der Waals surface area (Å²) in [6.07, 6.45) is 4.40. The molecule has 6 heteroatoms. The average Bonchev–Trinajstić information content (AvgIpc) is 2.80. The summed E-state index contributed by atoms with van der Waals surface area (Å²) >= 11 is 0. The molecule has 1 saturated heterocycles. The highest BCUT2D eigenvalue weighted by Crippen LogP contribution is 2.40. The van der Waals surface area contributed by atoms with E-state index in [1.165, 1.54) is 0 Å². The van der Waals surface area contributed by atoms with E-state index in [1.807, 2.05) is 24.3 Å². The molecule has 2 atom stereocenters. The molecule has 186 valence electrons. The fourth-order valence-corrected chi connectivity index (χ4v) is 5.91. The van der Waals surface area contributed by atoms with E-state index in [4.69, 9.17) is 4.74 Å². The zero-order valence-electron chi connectivity index (χ0n) is 20.3. The fraction of sp³-hybridized carbons (Fsp3) is 0.607. The van der Waals surface area contributed by atoms with Crippen LogP contribution >= 0.6 is 0 Å². The summed E-state index contributed by atoms with van der Waals surface area (Å²) in [6.45, 7) is 6.05. The smallest absolute Gasteiger partial charge is 0.303 e. The van der Waals surface area contributed by atoms with E-state index in [0.29, 0.717) is 17.1 Å². The first-order valence-corrected chi connectivity index (χ1v) is 12.8. The van der Waals surface area contributed by atoms with Crippen LogP contribution in [0.15, 0.2) is 30.3 Å². The lowest BCUT2D eigenvalue weighted by molar-refractivity contribution is -0.138. The number of aliphatic carboxylic acids is 1. The van der Waals surface area contributed by atoms with Crippen LogP contribution in [0.5, 0.6) is 5.75 Å². The number of halogens is 2. The standard InChI is InChI=1S/C28H37F2NO3/c1-3-24(31-14-4-5-19(17-31)15-26(32)33)21-8-12-23-20(16-21)9-13-25(27(23)28(29)30)34-22-10-6-18(2)7-11-22/h8-9,12-13,16,18-19,22,24,28H,3-7,10-11,14-15,17H2,1-2H3,(H,32,33)/t18-,19-,22+,24-/m1/s1. The molecule has 0 amide bonds. The summed E-state index contributed by atoms with van der Waals surface area (Å²) in [5.41, 5.74) is 1.09. The highest BCUT2D eigenvalue weighted by atomic mass is 19.3. The Kier molecular flexibility index (Phi) is 8.07. The van der Waals surface area contributed by atoms with Gasteiger partial charge in [-0.3, -0.25) is 9.69 Å². The molecule has 0 spiro atoms. The minimum absolute atomic E-state index is 0.00443.